The van der Waals surface area contributed by atoms with Crippen molar-refractivity contribution in [2.24, 2.45) is 0 Å². The van der Waals surface area contributed by atoms with E-state index in [4.69, 9.17) is 15.1 Å². The first kappa shape index (κ1) is 14.7. The van der Waals surface area contributed by atoms with Crippen molar-refractivity contribution in [1.29, 1.82) is 5.26 Å². The summed E-state index contributed by atoms with van der Waals surface area (Å²) in [5.41, 5.74) is 0.803. The van der Waals surface area contributed by atoms with Crippen LogP contribution >= 0.6 is 0 Å². The summed E-state index contributed by atoms with van der Waals surface area (Å²) in [7, 11) is 0. The summed E-state index contributed by atoms with van der Waals surface area (Å²) in [6, 6.07) is 8.59. The van der Waals surface area contributed by atoms with E-state index in [1.54, 1.807) is 24.3 Å². The van der Waals surface area contributed by atoms with Crippen LogP contribution in [0.5, 0.6) is 0 Å². The van der Waals surface area contributed by atoms with Gasteiger partial charge in [0, 0.05) is 0 Å². The Kier molecular flexibility index (Phi) is 5.51. The molecule has 1 unspecified atom stereocenters. The summed E-state index contributed by atoms with van der Waals surface area (Å²) in [4.78, 5) is 22.1. The van der Waals surface area contributed by atoms with Gasteiger partial charge in [0.05, 0.1) is 24.3 Å². The second-order valence-electron chi connectivity index (χ2n) is 3.81. The van der Waals surface area contributed by atoms with Crippen LogP contribution in [0.2, 0.25) is 0 Å². The minimum Gasteiger partial charge on any atom is -0.479 e. The lowest BCUT2D eigenvalue weighted by atomic mass is 10.2. The van der Waals surface area contributed by atoms with Crippen LogP contribution in [0.3, 0.4) is 0 Å². The van der Waals surface area contributed by atoms with Crippen molar-refractivity contribution < 1.29 is 19.4 Å². The van der Waals surface area contributed by atoms with Crippen molar-refractivity contribution in [2.45, 2.75) is 19.4 Å². The van der Waals surface area contributed by atoms with Crippen molar-refractivity contribution in [3.05, 3.63) is 29.8 Å². The molecular weight excluding hydrogens is 248 g/mol. The number of rotatable bonds is 6. The van der Waals surface area contributed by atoms with Crippen LogP contribution in [0.4, 0.5) is 5.69 Å². The zero-order valence-electron chi connectivity index (χ0n) is 10.4. The van der Waals surface area contributed by atoms with Gasteiger partial charge in [0.2, 0.25) is 5.91 Å². The average Bonchev–Trinajstić information content (AvgIpc) is 2.39. The van der Waals surface area contributed by atoms with Crippen LogP contribution in [0.15, 0.2) is 24.3 Å². The van der Waals surface area contributed by atoms with Crippen molar-refractivity contribution in [1.82, 2.24) is 0 Å². The molecule has 19 heavy (non-hydrogen) atoms. The summed E-state index contributed by atoms with van der Waals surface area (Å²) in [6.45, 7) is 1.40. The lowest BCUT2D eigenvalue weighted by Crippen LogP contribution is -2.22. The first-order chi connectivity index (χ1) is 9.04. The van der Waals surface area contributed by atoms with Gasteiger partial charge in [0.1, 0.15) is 6.07 Å². The second kappa shape index (κ2) is 7.13. The third-order valence-corrected chi connectivity index (χ3v) is 2.37. The number of nitriles is 1. The molecule has 1 aromatic carbocycles. The highest BCUT2D eigenvalue weighted by molar-refractivity contribution is 5.92. The maximum Gasteiger partial charge on any atom is 0.332 e. The molecule has 6 nitrogen and oxygen atoms in total. The van der Waals surface area contributed by atoms with Crippen molar-refractivity contribution in [3.63, 3.8) is 0 Å². The van der Waals surface area contributed by atoms with E-state index in [0.29, 0.717) is 11.3 Å². The molecule has 0 aliphatic carbocycles. The molecule has 100 valence electrons. The number of carbonyl (C=O) groups is 2. The quantitative estimate of drug-likeness (QED) is 0.806. The number of nitrogens with one attached hydrogen (secondary N) is 1. The number of benzene rings is 1. The number of hydrogen-bond donors (Lipinski definition) is 2. The number of carboxylic acid groups (broad SMARTS) is 1. The van der Waals surface area contributed by atoms with Crippen LogP contribution in [-0.4, -0.2) is 29.7 Å². The Hall–Kier alpha value is -2.39. The molecule has 0 aromatic heterocycles. The van der Waals surface area contributed by atoms with Gasteiger partial charge in [0.15, 0.2) is 6.10 Å². The average molecular weight is 262 g/mol. The topological polar surface area (TPSA) is 99.4 Å². The first-order valence-electron chi connectivity index (χ1n) is 5.68. The zero-order chi connectivity index (χ0) is 14.3. The van der Waals surface area contributed by atoms with E-state index in [9.17, 15) is 9.59 Å². The fourth-order valence-electron chi connectivity index (χ4n) is 1.30. The number of aliphatic carboxylic acids is 1. The zero-order valence-corrected chi connectivity index (χ0v) is 10.4. The number of anilines is 1. The normalized spacial score (nSPS) is 11.4. The van der Waals surface area contributed by atoms with Crippen LogP contribution in [0.1, 0.15) is 18.9 Å². The number of hydrogen-bond acceptors (Lipinski definition) is 4. The Balaban J connectivity index is 2.44. The maximum absolute atomic E-state index is 11.6. The number of ether oxygens (including phenoxy) is 1. The van der Waals surface area contributed by atoms with Gasteiger partial charge in [-0.25, -0.2) is 4.79 Å². The molecule has 0 saturated heterocycles. The van der Waals surface area contributed by atoms with Gasteiger partial charge in [-0.1, -0.05) is 12.1 Å². The minimum atomic E-state index is -1.07. The largest absolute Gasteiger partial charge is 0.479 e. The molecule has 0 fully saturated rings. The number of carboxylic acids is 1. The van der Waals surface area contributed by atoms with Crippen molar-refractivity contribution >= 4 is 17.6 Å². The van der Waals surface area contributed by atoms with Gasteiger partial charge in [0.25, 0.3) is 0 Å². The SMILES string of the molecule is CC(OCCC(=O)Nc1ccccc1C#N)C(=O)O. The van der Waals surface area contributed by atoms with E-state index >= 15 is 0 Å². The smallest absolute Gasteiger partial charge is 0.332 e. The van der Waals surface area contributed by atoms with Crippen LogP contribution in [-0.2, 0) is 14.3 Å². The van der Waals surface area contributed by atoms with Gasteiger partial charge in [-0.3, -0.25) is 4.79 Å². The molecule has 1 atom stereocenters. The van der Waals surface area contributed by atoms with Crippen LogP contribution in [0, 0.1) is 11.3 Å². The molecule has 0 aliphatic heterocycles. The fraction of sp³-hybridized carbons (Fsp3) is 0.308. The number of para-hydroxylation sites is 1. The highest BCUT2D eigenvalue weighted by Gasteiger charge is 2.12. The molecule has 0 saturated carbocycles. The summed E-state index contributed by atoms with van der Waals surface area (Å²) in [5, 5.41) is 20.0. The second-order valence-corrected chi connectivity index (χ2v) is 3.81. The lowest BCUT2D eigenvalue weighted by molar-refractivity contribution is -0.149. The molecule has 0 spiro atoms. The third-order valence-electron chi connectivity index (χ3n) is 2.37. The summed E-state index contributed by atoms with van der Waals surface area (Å²) < 4.78 is 4.94. The molecule has 1 aromatic rings. The van der Waals surface area contributed by atoms with Gasteiger partial charge in [-0.05, 0) is 19.1 Å². The summed E-state index contributed by atoms with van der Waals surface area (Å²) in [6.07, 6.45) is -0.920. The first-order valence-corrected chi connectivity index (χ1v) is 5.68. The predicted molar refractivity (Wildman–Crippen MR) is 67.5 cm³/mol. The number of amides is 1. The predicted octanol–water partition coefficient (Wildman–Crippen LogP) is 1.38. The van der Waals surface area contributed by atoms with Crippen molar-refractivity contribution in [3.8, 4) is 6.07 Å². The monoisotopic (exact) mass is 262 g/mol. The number of nitrogens with zero attached hydrogens (tertiary/aromatic N) is 1. The van der Waals surface area contributed by atoms with Crippen LogP contribution in [0.25, 0.3) is 0 Å². The molecule has 1 rings (SSSR count). The van der Waals surface area contributed by atoms with Crippen LogP contribution < -0.4 is 5.32 Å². The molecule has 6 heteroatoms. The minimum absolute atomic E-state index is 0.00796. The highest BCUT2D eigenvalue weighted by Crippen LogP contribution is 2.13. The van der Waals surface area contributed by atoms with Gasteiger partial charge < -0.3 is 15.2 Å². The maximum atomic E-state index is 11.6. The lowest BCUT2D eigenvalue weighted by Gasteiger charge is -2.09. The Morgan fingerprint density at radius 1 is 1.47 bits per heavy atom. The molecule has 2 N–H and O–H groups in total. The Labute approximate surface area is 110 Å². The summed E-state index contributed by atoms with van der Waals surface area (Å²) >= 11 is 0. The fourth-order valence-corrected chi connectivity index (χ4v) is 1.30. The molecule has 0 heterocycles. The Morgan fingerprint density at radius 3 is 2.79 bits per heavy atom. The van der Waals surface area contributed by atoms with E-state index in [0.717, 1.165) is 0 Å². The van der Waals surface area contributed by atoms with Gasteiger partial charge in [-0.2, -0.15) is 5.26 Å². The standard InChI is InChI=1S/C13H14N2O4/c1-9(13(17)18)19-7-6-12(16)15-11-5-3-2-4-10(11)8-14/h2-5,9H,6-7H2,1H3,(H,15,16)(H,17,18). The van der Waals surface area contributed by atoms with E-state index in [2.05, 4.69) is 5.32 Å². The molecule has 0 radical (unpaired) electrons. The highest BCUT2D eigenvalue weighted by atomic mass is 16.5. The molecular formula is C13H14N2O4. The Morgan fingerprint density at radius 2 is 2.16 bits per heavy atom. The van der Waals surface area contributed by atoms with Crippen molar-refractivity contribution in [2.75, 3.05) is 11.9 Å². The molecule has 0 aliphatic rings. The van der Waals surface area contributed by atoms with E-state index in [-0.39, 0.29) is 18.9 Å². The van der Waals surface area contributed by atoms with E-state index < -0.39 is 12.1 Å². The summed E-state index contributed by atoms with van der Waals surface area (Å²) in [5.74, 6) is -1.41. The molecule has 0 bridgehead atoms. The third kappa shape index (κ3) is 4.77. The van der Waals surface area contributed by atoms with E-state index in [1.807, 2.05) is 6.07 Å². The van der Waals surface area contributed by atoms with Gasteiger partial charge >= 0.3 is 5.97 Å². The Bertz CT molecular complexity index is 508. The van der Waals surface area contributed by atoms with Gasteiger partial charge in [-0.15, -0.1) is 0 Å². The molecule has 1 amide bonds. The number of carbonyl (C=O) groups excluding carboxylic acids is 1. The van der Waals surface area contributed by atoms with E-state index in [1.165, 1.54) is 6.92 Å².